The Labute approximate surface area is 210 Å². The molecule has 1 saturated heterocycles. The number of carbonyl (C=O) groups is 1. The number of nitrogens with one attached hydrogen (secondary N) is 1. The molecule has 1 unspecified atom stereocenters. The molecule has 1 atom stereocenters. The van der Waals surface area contributed by atoms with E-state index in [2.05, 4.69) is 29.4 Å². The molecule has 35 heavy (non-hydrogen) atoms. The molecular weight excluding hydrogens is 484 g/mol. The van der Waals surface area contributed by atoms with Gasteiger partial charge in [0.25, 0.3) is 5.91 Å². The van der Waals surface area contributed by atoms with Gasteiger partial charge in [-0.2, -0.15) is 4.31 Å². The van der Waals surface area contributed by atoms with Gasteiger partial charge in [-0.15, -0.1) is 16.9 Å². The first kappa shape index (κ1) is 25.4. The fourth-order valence-corrected chi connectivity index (χ4v) is 6.81. The maximum absolute atomic E-state index is 13.1. The van der Waals surface area contributed by atoms with E-state index in [1.165, 1.54) is 24.3 Å². The molecule has 4 rings (SSSR count). The Bertz CT molecular complexity index is 1270. The third kappa shape index (κ3) is 5.94. The van der Waals surface area contributed by atoms with Crippen molar-refractivity contribution in [2.45, 2.75) is 67.5 Å². The second-order valence-corrected chi connectivity index (χ2v) is 12.3. The van der Waals surface area contributed by atoms with Crippen molar-refractivity contribution in [1.29, 1.82) is 0 Å². The maximum Gasteiger partial charge on any atom is 0.322 e. The standard InChI is InChI=1S/C25H30N4O4S2/c1-4-20-9-5-6-15-29(20)35(31,32)22-13-11-18(12-14-22)23(30)26-25-28-27-24(33-25)19-8-7-10-21(16-19)34-17(2)3/h7-8,10-14,16-17,20H,4-6,9,15H2,1-3H3,(H,26,28,30). The van der Waals surface area contributed by atoms with Gasteiger partial charge in [0.15, 0.2) is 0 Å². The molecule has 1 aliphatic rings. The molecule has 1 aromatic heterocycles. The van der Waals surface area contributed by atoms with E-state index in [-0.39, 0.29) is 17.0 Å². The first-order valence-corrected chi connectivity index (χ1v) is 14.1. The van der Waals surface area contributed by atoms with Crippen LogP contribution in [0.15, 0.2) is 62.7 Å². The third-order valence-corrected chi connectivity index (χ3v) is 8.83. The second-order valence-electron chi connectivity index (χ2n) is 8.76. The number of carbonyl (C=O) groups excluding carboxylic acids is 1. The van der Waals surface area contributed by atoms with Gasteiger partial charge < -0.3 is 4.42 Å². The lowest BCUT2D eigenvalue weighted by molar-refractivity contribution is 0.102. The van der Waals surface area contributed by atoms with Gasteiger partial charge in [-0.1, -0.05) is 38.4 Å². The summed E-state index contributed by atoms with van der Waals surface area (Å²) in [6, 6.07) is 13.7. The molecule has 2 aromatic carbocycles. The molecule has 186 valence electrons. The molecule has 10 heteroatoms. The molecule has 0 bridgehead atoms. The summed E-state index contributed by atoms with van der Waals surface area (Å²) >= 11 is 1.73. The Hall–Kier alpha value is -2.69. The van der Waals surface area contributed by atoms with Gasteiger partial charge in [-0.3, -0.25) is 10.1 Å². The molecular formula is C25H30N4O4S2. The normalized spacial score (nSPS) is 17.0. The van der Waals surface area contributed by atoms with Crippen molar-refractivity contribution >= 4 is 33.7 Å². The fourth-order valence-electron chi connectivity index (χ4n) is 4.15. The smallest absolute Gasteiger partial charge is 0.322 e. The highest BCUT2D eigenvalue weighted by atomic mass is 32.2. The van der Waals surface area contributed by atoms with E-state index in [1.54, 1.807) is 16.1 Å². The number of piperidine rings is 1. The maximum atomic E-state index is 13.1. The van der Waals surface area contributed by atoms with Crippen LogP contribution in [0.1, 0.15) is 56.8 Å². The molecule has 0 aliphatic carbocycles. The summed E-state index contributed by atoms with van der Waals surface area (Å²) in [6.45, 7) is 6.78. The number of nitrogens with zero attached hydrogens (tertiary/aromatic N) is 3. The average Bonchev–Trinajstić information content (AvgIpc) is 3.32. The predicted octanol–water partition coefficient (Wildman–Crippen LogP) is 5.44. The second kappa shape index (κ2) is 10.9. The van der Waals surface area contributed by atoms with Crippen LogP contribution in [0.2, 0.25) is 0 Å². The number of hydrogen-bond acceptors (Lipinski definition) is 7. The van der Waals surface area contributed by atoms with Gasteiger partial charge in [0.1, 0.15) is 0 Å². The number of sulfonamides is 1. The molecule has 2 heterocycles. The van der Waals surface area contributed by atoms with Crippen molar-refractivity contribution < 1.29 is 17.6 Å². The molecule has 8 nitrogen and oxygen atoms in total. The molecule has 1 aliphatic heterocycles. The van der Waals surface area contributed by atoms with Crippen LogP contribution in [0.3, 0.4) is 0 Å². The van der Waals surface area contributed by atoms with E-state index in [0.717, 1.165) is 36.1 Å². The average molecular weight is 515 g/mol. The van der Waals surface area contributed by atoms with Crippen molar-refractivity contribution in [2.24, 2.45) is 0 Å². The SMILES string of the molecule is CCC1CCCCN1S(=O)(=O)c1ccc(C(=O)Nc2nnc(-c3cccc(SC(C)C)c3)o2)cc1. The largest absolute Gasteiger partial charge is 0.403 e. The fraction of sp³-hybridized carbons (Fsp3) is 0.400. The van der Waals surface area contributed by atoms with Gasteiger partial charge in [-0.05, 0) is 61.7 Å². The van der Waals surface area contributed by atoms with Crippen LogP contribution in [0, 0.1) is 0 Å². The van der Waals surface area contributed by atoms with Crippen LogP contribution in [-0.2, 0) is 10.0 Å². The van der Waals surface area contributed by atoms with E-state index < -0.39 is 15.9 Å². The van der Waals surface area contributed by atoms with Crippen molar-refractivity contribution in [1.82, 2.24) is 14.5 Å². The zero-order valence-electron chi connectivity index (χ0n) is 20.1. The minimum absolute atomic E-state index is 0.0214. The van der Waals surface area contributed by atoms with Gasteiger partial charge in [0.2, 0.25) is 15.9 Å². The molecule has 3 aromatic rings. The minimum Gasteiger partial charge on any atom is -0.403 e. The van der Waals surface area contributed by atoms with E-state index in [0.29, 0.717) is 23.2 Å². The van der Waals surface area contributed by atoms with E-state index in [1.807, 2.05) is 31.2 Å². The quantitative estimate of drug-likeness (QED) is 0.399. The van der Waals surface area contributed by atoms with Crippen LogP contribution >= 0.6 is 11.8 Å². The first-order chi connectivity index (χ1) is 16.8. The van der Waals surface area contributed by atoms with Gasteiger partial charge in [0, 0.05) is 33.9 Å². The van der Waals surface area contributed by atoms with Crippen LogP contribution in [0.25, 0.3) is 11.5 Å². The van der Waals surface area contributed by atoms with Crippen molar-refractivity contribution in [3.05, 3.63) is 54.1 Å². The Morgan fingerprint density at radius 2 is 1.94 bits per heavy atom. The summed E-state index contributed by atoms with van der Waals surface area (Å²) in [4.78, 5) is 14.0. The predicted molar refractivity (Wildman–Crippen MR) is 137 cm³/mol. The van der Waals surface area contributed by atoms with E-state index in [4.69, 9.17) is 4.42 Å². The summed E-state index contributed by atoms with van der Waals surface area (Å²) in [5, 5.41) is 11.0. The van der Waals surface area contributed by atoms with Gasteiger partial charge in [-0.25, -0.2) is 8.42 Å². The van der Waals surface area contributed by atoms with Crippen LogP contribution in [-0.4, -0.2) is 46.7 Å². The van der Waals surface area contributed by atoms with Gasteiger partial charge in [0.05, 0.1) is 4.90 Å². The highest BCUT2D eigenvalue weighted by molar-refractivity contribution is 7.99. The third-order valence-electron chi connectivity index (χ3n) is 5.87. The summed E-state index contributed by atoms with van der Waals surface area (Å²) in [5.74, 6) is -0.155. The van der Waals surface area contributed by atoms with E-state index >= 15 is 0 Å². The van der Waals surface area contributed by atoms with Crippen LogP contribution in [0.4, 0.5) is 6.01 Å². The zero-order chi connectivity index (χ0) is 25.0. The number of thioether (sulfide) groups is 1. The van der Waals surface area contributed by atoms with Gasteiger partial charge >= 0.3 is 6.01 Å². The van der Waals surface area contributed by atoms with Crippen molar-refractivity contribution in [3.8, 4) is 11.5 Å². The van der Waals surface area contributed by atoms with Crippen molar-refractivity contribution in [2.75, 3.05) is 11.9 Å². The highest BCUT2D eigenvalue weighted by Crippen LogP contribution is 2.29. The van der Waals surface area contributed by atoms with E-state index in [9.17, 15) is 13.2 Å². The van der Waals surface area contributed by atoms with Crippen molar-refractivity contribution in [3.63, 3.8) is 0 Å². The minimum atomic E-state index is -3.60. The Balaban J connectivity index is 1.45. The highest BCUT2D eigenvalue weighted by Gasteiger charge is 2.32. The Morgan fingerprint density at radius 1 is 1.17 bits per heavy atom. The first-order valence-electron chi connectivity index (χ1n) is 11.8. The molecule has 1 amide bonds. The number of rotatable bonds is 8. The summed E-state index contributed by atoms with van der Waals surface area (Å²) in [6.07, 6.45) is 3.57. The van der Waals surface area contributed by atoms with Crippen LogP contribution < -0.4 is 5.32 Å². The number of amides is 1. The number of hydrogen-bond donors (Lipinski definition) is 1. The number of aromatic nitrogens is 2. The molecule has 0 spiro atoms. The molecule has 1 N–H and O–H groups in total. The molecule has 0 saturated carbocycles. The number of anilines is 1. The summed E-state index contributed by atoms with van der Waals surface area (Å²) in [5.41, 5.74) is 1.06. The molecule has 0 radical (unpaired) electrons. The lowest BCUT2D eigenvalue weighted by Crippen LogP contribution is -2.43. The topological polar surface area (TPSA) is 105 Å². The lowest BCUT2D eigenvalue weighted by atomic mass is 10.0. The number of benzene rings is 2. The van der Waals surface area contributed by atoms with Crippen LogP contribution in [0.5, 0.6) is 0 Å². The summed E-state index contributed by atoms with van der Waals surface area (Å²) in [7, 11) is -3.60. The monoisotopic (exact) mass is 514 g/mol. The Morgan fingerprint density at radius 3 is 2.66 bits per heavy atom. The zero-order valence-corrected chi connectivity index (χ0v) is 21.7. The summed E-state index contributed by atoms with van der Waals surface area (Å²) < 4.78 is 33.5. The Kier molecular flexibility index (Phi) is 7.93. The molecule has 1 fully saturated rings. The lowest BCUT2D eigenvalue weighted by Gasteiger charge is -2.34.